The number of carbonyl (C=O) groups is 2. The SMILES string of the molecule is O=C(O)NCCCCCCC1=CC=CCC1=O. The van der Waals surface area contributed by atoms with Gasteiger partial charge in [-0.2, -0.15) is 0 Å². The van der Waals surface area contributed by atoms with Crippen LogP contribution in [0.1, 0.15) is 38.5 Å². The van der Waals surface area contributed by atoms with Crippen LogP contribution in [0.15, 0.2) is 23.8 Å². The third kappa shape index (κ3) is 5.90. The maximum Gasteiger partial charge on any atom is 0.404 e. The van der Waals surface area contributed by atoms with E-state index in [2.05, 4.69) is 5.32 Å². The Hall–Kier alpha value is -1.58. The van der Waals surface area contributed by atoms with E-state index in [0.717, 1.165) is 37.7 Å². The van der Waals surface area contributed by atoms with E-state index >= 15 is 0 Å². The third-order valence-corrected chi connectivity index (χ3v) is 2.74. The minimum Gasteiger partial charge on any atom is -0.465 e. The van der Waals surface area contributed by atoms with E-state index in [1.54, 1.807) is 0 Å². The first kappa shape index (κ1) is 13.5. The maximum absolute atomic E-state index is 11.4. The molecule has 0 saturated heterocycles. The lowest BCUT2D eigenvalue weighted by Crippen LogP contribution is -2.21. The minimum atomic E-state index is -0.963. The fraction of sp³-hybridized carbons (Fsp3) is 0.538. The number of hydrogen-bond acceptors (Lipinski definition) is 2. The summed E-state index contributed by atoms with van der Waals surface area (Å²) in [6.07, 6.45) is 10.0. The van der Waals surface area contributed by atoms with Gasteiger partial charge in [-0.1, -0.05) is 31.1 Å². The molecule has 0 aliphatic heterocycles. The number of Topliss-reactive ketones (excluding diaryl/α,β-unsaturated/α-hetero) is 1. The van der Waals surface area contributed by atoms with Crippen molar-refractivity contribution in [3.8, 4) is 0 Å². The van der Waals surface area contributed by atoms with Crippen LogP contribution in [0.4, 0.5) is 4.79 Å². The Morgan fingerprint density at radius 2 is 2.06 bits per heavy atom. The largest absolute Gasteiger partial charge is 0.465 e. The molecule has 0 heterocycles. The minimum absolute atomic E-state index is 0.236. The zero-order valence-electron chi connectivity index (χ0n) is 9.95. The molecule has 0 aromatic carbocycles. The van der Waals surface area contributed by atoms with Crippen LogP contribution in [-0.4, -0.2) is 23.5 Å². The normalized spacial score (nSPS) is 14.6. The van der Waals surface area contributed by atoms with Gasteiger partial charge >= 0.3 is 6.09 Å². The van der Waals surface area contributed by atoms with E-state index in [-0.39, 0.29) is 5.78 Å². The Morgan fingerprint density at radius 1 is 1.29 bits per heavy atom. The van der Waals surface area contributed by atoms with Gasteiger partial charge in [-0.3, -0.25) is 4.79 Å². The quantitative estimate of drug-likeness (QED) is 0.669. The zero-order chi connectivity index (χ0) is 12.5. The molecule has 0 spiro atoms. The maximum atomic E-state index is 11.4. The lowest BCUT2D eigenvalue weighted by Gasteiger charge is -2.07. The Bertz CT molecular complexity index is 332. The summed E-state index contributed by atoms with van der Waals surface area (Å²) in [5, 5.41) is 10.7. The predicted molar refractivity (Wildman–Crippen MR) is 66.0 cm³/mol. The van der Waals surface area contributed by atoms with Gasteiger partial charge in [-0.25, -0.2) is 4.79 Å². The predicted octanol–water partition coefficient (Wildman–Crippen LogP) is 2.66. The van der Waals surface area contributed by atoms with Crippen LogP contribution in [0.25, 0.3) is 0 Å². The van der Waals surface area contributed by atoms with E-state index in [4.69, 9.17) is 5.11 Å². The molecule has 1 amide bonds. The summed E-state index contributed by atoms with van der Waals surface area (Å²) in [4.78, 5) is 21.6. The molecule has 0 bridgehead atoms. The summed E-state index contributed by atoms with van der Waals surface area (Å²) in [5.41, 5.74) is 0.927. The molecule has 0 aromatic rings. The second kappa shape index (κ2) is 7.65. The van der Waals surface area contributed by atoms with Crippen LogP contribution in [0.3, 0.4) is 0 Å². The molecule has 0 atom stereocenters. The first-order valence-electron chi connectivity index (χ1n) is 6.06. The number of amides is 1. The lowest BCUT2D eigenvalue weighted by molar-refractivity contribution is -0.115. The van der Waals surface area contributed by atoms with Crippen LogP contribution in [-0.2, 0) is 4.79 Å². The van der Waals surface area contributed by atoms with Crippen molar-refractivity contribution in [2.24, 2.45) is 0 Å². The molecule has 0 fully saturated rings. The fourth-order valence-corrected chi connectivity index (χ4v) is 1.80. The molecule has 0 radical (unpaired) electrons. The molecule has 1 aliphatic carbocycles. The van der Waals surface area contributed by atoms with Crippen molar-refractivity contribution >= 4 is 11.9 Å². The average molecular weight is 237 g/mol. The monoisotopic (exact) mass is 237 g/mol. The first-order chi connectivity index (χ1) is 8.20. The van der Waals surface area contributed by atoms with Crippen molar-refractivity contribution in [2.45, 2.75) is 38.5 Å². The van der Waals surface area contributed by atoms with Gasteiger partial charge in [0.25, 0.3) is 0 Å². The number of nitrogens with one attached hydrogen (secondary N) is 1. The number of rotatable bonds is 7. The van der Waals surface area contributed by atoms with Gasteiger partial charge in [-0.15, -0.1) is 0 Å². The molecular formula is C13H19NO3. The number of allylic oxidation sites excluding steroid dienone is 4. The van der Waals surface area contributed by atoms with Crippen molar-refractivity contribution in [1.82, 2.24) is 5.32 Å². The van der Waals surface area contributed by atoms with Crippen molar-refractivity contribution in [3.63, 3.8) is 0 Å². The molecule has 4 nitrogen and oxygen atoms in total. The number of ketones is 1. The molecule has 2 N–H and O–H groups in total. The van der Waals surface area contributed by atoms with E-state index < -0.39 is 6.09 Å². The van der Waals surface area contributed by atoms with E-state index in [1.165, 1.54) is 0 Å². The number of hydrogen-bond donors (Lipinski definition) is 2. The summed E-state index contributed by atoms with van der Waals surface area (Å²) < 4.78 is 0. The lowest BCUT2D eigenvalue weighted by atomic mass is 9.97. The second-order valence-corrected chi connectivity index (χ2v) is 4.14. The summed E-state index contributed by atoms with van der Waals surface area (Å²) in [7, 11) is 0. The average Bonchev–Trinajstić information content (AvgIpc) is 2.30. The Morgan fingerprint density at radius 3 is 2.76 bits per heavy atom. The highest BCUT2D eigenvalue weighted by Gasteiger charge is 2.09. The Balaban J connectivity index is 2.01. The molecule has 0 aromatic heterocycles. The van der Waals surface area contributed by atoms with Gasteiger partial charge < -0.3 is 10.4 Å². The zero-order valence-corrected chi connectivity index (χ0v) is 9.95. The topological polar surface area (TPSA) is 66.4 Å². The van der Waals surface area contributed by atoms with Gasteiger partial charge in [0, 0.05) is 13.0 Å². The molecule has 4 heteroatoms. The van der Waals surface area contributed by atoms with E-state index in [9.17, 15) is 9.59 Å². The van der Waals surface area contributed by atoms with Gasteiger partial charge in [0.1, 0.15) is 0 Å². The van der Waals surface area contributed by atoms with Crippen molar-refractivity contribution in [1.29, 1.82) is 0 Å². The van der Waals surface area contributed by atoms with Crippen LogP contribution in [0.5, 0.6) is 0 Å². The van der Waals surface area contributed by atoms with E-state index in [1.807, 2.05) is 18.2 Å². The highest BCUT2D eigenvalue weighted by molar-refractivity contribution is 5.97. The Kier molecular flexibility index (Phi) is 6.07. The standard InChI is InChI=1S/C13H19NO3/c15-12-9-5-4-8-11(12)7-3-1-2-6-10-14-13(16)17/h4-5,8,14H,1-3,6-7,9-10H2,(H,16,17). The third-order valence-electron chi connectivity index (χ3n) is 2.74. The van der Waals surface area contributed by atoms with Gasteiger partial charge in [0.05, 0.1) is 0 Å². The van der Waals surface area contributed by atoms with Crippen LogP contribution in [0.2, 0.25) is 0 Å². The van der Waals surface area contributed by atoms with Crippen molar-refractivity contribution in [2.75, 3.05) is 6.54 Å². The smallest absolute Gasteiger partial charge is 0.404 e. The Labute approximate surface area is 101 Å². The van der Waals surface area contributed by atoms with Crippen molar-refractivity contribution < 1.29 is 14.7 Å². The molecule has 94 valence electrons. The summed E-state index contributed by atoms with van der Waals surface area (Å²) in [5.74, 6) is 0.236. The van der Waals surface area contributed by atoms with Crippen LogP contribution in [0, 0.1) is 0 Å². The molecule has 0 unspecified atom stereocenters. The van der Waals surface area contributed by atoms with Crippen molar-refractivity contribution in [3.05, 3.63) is 23.8 Å². The molecular weight excluding hydrogens is 218 g/mol. The van der Waals surface area contributed by atoms with Gasteiger partial charge in [0.2, 0.25) is 0 Å². The van der Waals surface area contributed by atoms with Gasteiger partial charge in [0.15, 0.2) is 5.78 Å². The van der Waals surface area contributed by atoms with E-state index in [0.29, 0.717) is 13.0 Å². The highest BCUT2D eigenvalue weighted by Crippen LogP contribution is 2.15. The molecule has 1 rings (SSSR count). The number of carboxylic acid groups (broad SMARTS) is 1. The summed E-state index contributed by atoms with van der Waals surface area (Å²) in [6.45, 7) is 0.514. The fourth-order valence-electron chi connectivity index (χ4n) is 1.80. The molecule has 1 aliphatic rings. The van der Waals surface area contributed by atoms with Gasteiger partial charge in [-0.05, 0) is 24.8 Å². The molecule has 17 heavy (non-hydrogen) atoms. The summed E-state index contributed by atoms with van der Waals surface area (Å²) >= 11 is 0. The molecule has 0 saturated carbocycles. The first-order valence-corrected chi connectivity index (χ1v) is 6.06. The second-order valence-electron chi connectivity index (χ2n) is 4.14. The van der Waals surface area contributed by atoms with Crippen LogP contribution >= 0.6 is 0 Å². The number of unbranched alkanes of at least 4 members (excludes halogenated alkanes) is 3. The van der Waals surface area contributed by atoms with Crippen LogP contribution < -0.4 is 5.32 Å². The highest BCUT2D eigenvalue weighted by atomic mass is 16.4. The number of carbonyl (C=O) groups excluding carboxylic acids is 1. The summed E-state index contributed by atoms with van der Waals surface area (Å²) in [6, 6.07) is 0.